The third kappa shape index (κ3) is 4.38. The monoisotopic (exact) mass is 432 g/mol. The van der Waals surface area contributed by atoms with Gasteiger partial charge in [0.15, 0.2) is 0 Å². The summed E-state index contributed by atoms with van der Waals surface area (Å²) in [5.74, 6) is -0.963. The molecular formula is C21H24N2O6S. The zero-order valence-corrected chi connectivity index (χ0v) is 17.9. The molecule has 1 N–H and O–H groups in total. The van der Waals surface area contributed by atoms with E-state index in [1.54, 1.807) is 38.1 Å². The van der Waals surface area contributed by atoms with E-state index in [-0.39, 0.29) is 23.5 Å². The van der Waals surface area contributed by atoms with Crippen molar-refractivity contribution >= 4 is 27.6 Å². The summed E-state index contributed by atoms with van der Waals surface area (Å²) in [5, 5.41) is 2.77. The summed E-state index contributed by atoms with van der Waals surface area (Å²) in [6.07, 6.45) is 0. The van der Waals surface area contributed by atoms with E-state index >= 15 is 0 Å². The molecule has 1 heterocycles. The van der Waals surface area contributed by atoms with Crippen LogP contribution in [0.5, 0.6) is 0 Å². The van der Waals surface area contributed by atoms with Crippen LogP contribution in [0.15, 0.2) is 41.3 Å². The Morgan fingerprint density at radius 3 is 2.43 bits per heavy atom. The van der Waals surface area contributed by atoms with E-state index in [1.165, 1.54) is 23.5 Å². The Hall–Kier alpha value is -2.75. The van der Waals surface area contributed by atoms with Gasteiger partial charge >= 0.3 is 5.97 Å². The van der Waals surface area contributed by atoms with Crippen LogP contribution in [0.3, 0.4) is 0 Å². The average Bonchev–Trinajstić information content (AvgIpc) is 2.75. The largest absolute Gasteiger partial charge is 0.465 e. The quantitative estimate of drug-likeness (QED) is 0.728. The molecule has 8 nitrogen and oxygen atoms in total. The normalized spacial score (nSPS) is 14.9. The maximum absolute atomic E-state index is 12.9. The smallest absolute Gasteiger partial charge is 0.338 e. The first-order valence-electron chi connectivity index (χ1n) is 9.43. The van der Waals surface area contributed by atoms with Gasteiger partial charge in [0.05, 0.1) is 30.8 Å². The molecule has 2 aromatic rings. The topological polar surface area (TPSA) is 102 Å². The Labute approximate surface area is 175 Å². The zero-order chi connectivity index (χ0) is 21.9. The Morgan fingerprint density at radius 1 is 1.07 bits per heavy atom. The first-order chi connectivity index (χ1) is 14.3. The Bertz CT molecular complexity index is 1070. The summed E-state index contributed by atoms with van der Waals surface area (Å²) >= 11 is 0. The number of esters is 1. The zero-order valence-electron chi connectivity index (χ0n) is 17.1. The van der Waals surface area contributed by atoms with E-state index in [4.69, 9.17) is 9.47 Å². The van der Waals surface area contributed by atoms with Crippen LogP contribution in [0.25, 0.3) is 0 Å². The third-order valence-corrected chi connectivity index (χ3v) is 6.94. The highest BCUT2D eigenvalue weighted by Crippen LogP contribution is 2.24. The molecule has 0 unspecified atom stereocenters. The molecule has 0 spiro atoms. The molecule has 0 aromatic heterocycles. The van der Waals surface area contributed by atoms with Gasteiger partial charge in [-0.1, -0.05) is 12.1 Å². The molecule has 0 bridgehead atoms. The summed E-state index contributed by atoms with van der Waals surface area (Å²) in [6, 6.07) is 9.41. The number of carbonyl (C=O) groups is 2. The van der Waals surface area contributed by atoms with Crippen LogP contribution in [0, 0.1) is 13.8 Å². The number of benzene rings is 2. The van der Waals surface area contributed by atoms with E-state index in [0.29, 0.717) is 35.6 Å². The number of rotatable bonds is 5. The van der Waals surface area contributed by atoms with Crippen molar-refractivity contribution in [1.29, 1.82) is 0 Å². The summed E-state index contributed by atoms with van der Waals surface area (Å²) in [4.78, 5) is 24.9. The van der Waals surface area contributed by atoms with Gasteiger partial charge in [0, 0.05) is 24.3 Å². The first kappa shape index (κ1) is 21.9. The van der Waals surface area contributed by atoms with Crippen LogP contribution < -0.4 is 5.32 Å². The number of anilines is 1. The van der Waals surface area contributed by atoms with Crippen molar-refractivity contribution in [2.75, 3.05) is 38.7 Å². The van der Waals surface area contributed by atoms with Crippen molar-refractivity contribution < 1.29 is 27.5 Å². The fourth-order valence-electron chi connectivity index (χ4n) is 3.23. The average molecular weight is 432 g/mol. The van der Waals surface area contributed by atoms with E-state index in [2.05, 4.69) is 5.32 Å². The van der Waals surface area contributed by atoms with Crippen LogP contribution in [0.4, 0.5) is 5.69 Å². The molecular weight excluding hydrogens is 408 g/mol. The van der Waals surface area contributed by atoms with Crippen molar-refractivity contribution in [2.45, 2.75) is 18.7 Å². The van der Waals surface area contributed by atoms with Crippen LogP contribution in [0.1, 0.15) is 31.8 Å². The van der Waals surface area contributed by atoms with Gasteiger partial charge in [-0.15, -0.1) is 0 Å². The molecule has 9 heteroatoms. The lowest BCUT2D eigenvalue weighted by atomic mass is 10.1. The molecule has 30 heavy (non-hydrogen) atoms. The Balaban J connectivity index is 1.90. The highest BCUT2D eigenvalue weighted by atomic mass is 32.2. The molecule has 1 fully saturated rings. The first-order valence-corrected chi connectivity index (χ1v) is 10.9. The minimum absolute atomic E-state index is 0.0557. The molecule has 1 aliphatic rings. The van der Waals surface area contributed by atoms with Crippen LogP contribution in [-0.2, 0) is 19.5 Å². The molecule has 3 rings (SSSR count). The molecule has 0 radical (unpaired) electrons. The van der Waals surface area contributed by atoms with Crippen molar-refractivity contribution in [3.05, 3.63) is 58.7 Å². The second kappa shape index (κ2) is 8.95. The molecule has 1 saturated heterocycles. The number of hydrogen-bond acceptors (Lipinski definition) is 6. The number of aryl methyl sites for hydroxylation is 1. The lowest BCUT2D eigenvalue weighted by Gasteiger charge is -2.26. The number of ether oxygens (including phenoxy) is 2. The SMILES string of the molecule is COC(=O)c1cccc(NC(=O)c2cc(S(=O)(=O)N3CCOCC3)ccc2C)c1C. The van der Waals surface area contributed by atoms with Crippen molar-refractivity contribution in [3.8, 4) is 0 Å². The number of carbonyl (C=O) groups excluding carboxylic acids is 2. The van der Waals surface area contributed by atoms with Crippen molar-refractivity contribution in [2.24, 2.45) is 0 Å². The second-order valence-electron chi connectivity index (χ2n) is 6.92. The highest BCUT2D eigenvalue weighted by molar-refractivity contribution is 7.89. The van der Waals surface area contributed by atoms with Gasteiger partial charge in [-0.3, -0.25) is 4.79 Å². The fourth-order valence-corrected chi connectivity index (χ4v) is 4.67. The molecule has 0 atom stereocenters. The van der Waals surface area contributed by atoms with Crippen LogP contribution in [-0.4, -0.2) is 58.0 Å². The Morgan fingerprint density at radius 2 is 1.77 bits per heavy atom. The molecule has 160 valence electrons. The van der Waals surface area contributed by atoms with Gasteiger partial charge in [0.25, 0.3) is 5.91 Å². The van der Waals surface area contributed by atoms with Gasteiger partial charge in [-0.25, -0.2) is 13.2 Å². The third-order valence-electron chi connectivity index (χ3n) is 5.05. The maximum atomic E-state index is 12.9. The van der Waals surface area contributed by atoms with E-state index < -0.39 is 21.9 Å². The summed E-state index contributed by atoms with van der Waals surface area (Å²) < 4.78 is 37.2. The summed E-state index contributed by atoms with van der Waals surface area (Å²) in [7, 11) is -2.44. The number of hydrogen-bond donors (Lipinski definition) is 1. The van der Waals surface area contributed by atoms with Gasteiger partial charge in [-0.2, -0.15) is 4.31 Å². The highest BCUT2D eigenvalue weighted by Gasteiger charge is 2.27. The van der Waals surface area contributed by atoms with Gasteiger partial charge < -0.3 is 14.8 Å². The Kier molecular flexibility index (Phi) is 6.55. The fraction of sp³-hybridized carbons (Fsp3) is 0.333. The van der Waals surface area contributed by atoms with Crippen LogP contribution in [0.2, 0.25) is 0 Å². The predicted molar refractivity (Wildman–Crippen MR) is 111 cm³/mol. The van der Waals surface area contributed by atoms with Crippen molar-refractivity contribution in [1.82, 2.24) is 4.31 Å². The minimum atomic E-state index is -3.73. The standard InChI is InChI=1S/C21H24N2O6S/c1-14-7-8-16(30(26,27)23-9-11-29-12-10-23)13-18(14)20(24)22-19-6-4-5-17(15(19)2)21(25)28-3/h4-8,13H,9-12H2,1-3H3,(H,22,24). The lowest BCUT2D eigenvalue weighted by Crippen LogP contribution is -2.40. The number of methoxy groups -OCH3 is 1. The van der Waals surface area contributed by atoms with E-state index in [0.717, 1.165) is 0 Å². The lowest BCUT2D eigenvalue weighted by molar-refractivity contribution is 0.0599. The summed E-state index contributed by atoms with van der Waals surface area (Å²) in [5.41, 5.74) is 2.23. The molecule has 0 aliphatic carbocycles. The maximum Gasteiger partial charge on any atom is 0.338 e. The minimum Gasteiger partial charge on any atom is -0.465 e. The second-order valence-corrected chi connectivity index (χ2v) is 8.85. The molecule has 1 aliphatic heterocycles. The predicted octanol–water partition coefficient (Wildman–Crippen LogP) is 2.36. The van der Waals surface area contributed by atoms with E-state index in [1.807, 2.05) is 0 Å². The summed E-state index contributed by atoms with van der Waals surface area (Å²) in [6.45, 7) is 4.67. The number of morpholine rings is 1. The molecule has 0 saturated carbocycles. The van der Waals surface area contributed by atoms with Gasteiger partial charge in [0.1, 0.15) is 0 Å². The number of sulfonamides is 1. The molecule has 1 amide bonds. The van der Waals surface area contributed by atoms with Gasteiger partial charge in [0.2, 0.25) is 10.0 Å². The van der Waals surface area contributed by atoms with Crippen molar-refractivity contribution in [3.63, 3.8) is 0 Å². The number of nitrogens with zero attached hydrogens (tertiary/aromatic N) is 1. The molecule has 2 aromatic carbocycles. The van der Waals surface area contributed by atoms with Gasteiger partial charge in [-0.05, 0) is 49.2 Å². The number of nitrogens with one attached hydrogen (secondary N) is 1. The van der Waals surface area contributed by atoms with Crippen LogP contribution >= 0.6 is 0 Å². The number of amides is 1. The van der Waals surface area contributed by atoms with E-state index in [9.17, 15) is 18.0 Å².